The average molecular weight is 444 g/mol. The zero-order valence-electron chi connectivity index (χ0n) is 17.7. The van der Waals surface area contributed by atoms with Crippen LogP contribution in [0.3, 0.4) is 0 Å². The molecule has 0 N–H and O–H groups in total. The molecule has 2 aromatic carbocycles. The molecule has 3 aromatic rings. The monoisotopic (exact) mass is 443 g/mol. The van der Waals surface area contributed by atoms with Gasteiger partial charge in [-0.25, -0.2) is 8.42 Å². The van der Waals surface area contributed by atoms with Crippen LogP contribution in [0.15, 0.2) is 51.9 Å². The Morgan fingerprint density at radius 2 is 1.87 bits per heavy atom. The molecule has 8 nitrogen and oxygen atoms in total. The summed E-state index contributed by atoms with van der Waals surface area (Å²) < 4.78 is 44.2. The van der Waals surface area contributed by atoms with Crippen LogP contribution in [-0.2, 0) is 10.0 Å². The first-order valence-electron chi connectivity index (χ1n) is 10.0. The number of methoxy groups -OCH3 is 2. The minimum atomic E-state index is -3.79. The van der Waals surface area contributed by atoms with E-state index in [1.807, 2.05) is 31.2 Å². The van der Waals surface area contributed by atoms with Crippen LogP contribution in [-0.4, -0.2) is 50.2 Å². The van der Waals surface area contributed by atoms with Crippen LogP contribution in [0, 0.1) is 6.92 Å². The number of nitrogens with zero attached hydrogens (tertiary/aromatic N) is 3. The second kappa shape index (κ2) is 8.68. The highest BCUT2D eigenvalue weighted by molar-refractivity contribution is 7.89. The fraction of sp³-hybridized carbons (Fsp3) is 0.364. The summed E-state index contributed by atoms with van der Waals surface area (Å²) in [5.74, 6) is 1.54. The summed E-state index contributed by atoms with van der Waals surface area (Å²) in [5.41, 5.74) is 1.98. The van der Waals surface area contributed by atoms with Crippen LogP contribution < -0.4 is 9.47 Å². The number of benzene rings is 2. The van der Waals surface area contributed by atoms with E-state index < -0.39 is 10.0 Å². The first-order valence-corrected chi connectivity index (χ1v) is 11.5. The average Bonchev–Trinajstić information content (AvgIpc) is 3.29. The van der Waals surface area contributed by atoms with Crippen molar-refractivity contribution >= 4 is 10.0 Å². The van der Waals surface area contributed by atoms with Crippen molar-refractivity contribution in [2.75, 3.05) is 27.3 Å². The third-order valence-corrected chi connectivity index (χ3v) is 7.36. The van der Waals surface area contributed by atoms with Crippen LogP contribution in [0.4, 0.5) is 0 Å². The maximum absolute atomic E-state index is 13.4. The van der Waals surface area contributed by atoms with Crippen LogP contribution in [0.2, 0.25) is 0 Å². The summed E-state index contributed by atoms with van der Waals surface area (Å²) in [6, 6.07) is 12.6. The summed E-state index contributed by atoms with van der Waals surface area (Å²) in [7, 11) is -0.839. The van der Waals surface area contributed by atoms with Gasteiger partial charge in [0.1, 0.15) is 16.4 Å². The Hall–Kier alpha value is -2.91. The second-order valence-corrected chi connectivity index (χ2v) is 9.45. The van der Waals surface area contributed by atoms with Crippen molar-refractivity contribution in [3.63, 3.8) is 0 Å². The van der Waals surface area contributed by atoms with Gasteiger partial charge in [-0.05, 0) is 44.0 Å². The molecule has 9 heteroatoms. The van der Waals surface area contributed by atoms with E-state index in [1.54, 1.807) is 12.1 Å². The first-order chi connectivity index (χ1) is 14.9. The number of aryl methyl sites for hydroxylation is 1. The minimum absolute atomic E-state index is 0.0865. The van der Waals surface area contributed by atoms with E-state index >= 15 is 0 Å². The topological polar surface area (TPSA) is 94.8 Å². The molecule has 31 heavy (non-hydrogen) atoms. The van der Waals surface area contributed by atoms with E-state index in [9.17, 15) is 8.42 Å². The van der Waals surface area contributed by atoms with Gasteiger partial charge < -0.3 is 14.0 Å². The Balaban J connectivity index is 1.58. The molecule has 164 valence electrons. The van der Waals surface area contributed by atoms with Gasteiger partial charge in [0.25, 0.3) is 5.89 Å². The lowest BCUT2D eigenvalue weighted by Gasteiger charge is -2.30. The summed E-state index contributed by atoms with van der Waals surface area (Å²) in [6.45, 7) is 2.70. The van der Waals surface area contributed by atoms with E-state index in [1.165, 1.54) is 24.6 Å². The molecule has 1 aliphatic rings. The summed E-state index contributed by atoms with van der Waals surface area (Å²) in [6.07, 6.45) is 1.48. The van der Waals surface area contributed by atoms with E-state index in [-0.39, 0.29) is 23.1 Å². The minimum Gasteiger partial charge on any atom is -0.497 e. The highest BCUT2D eigenvalue weighted by atomic mass is 32.2. The van der Waals surface area contributed by atoms with Gasteiger partial charge in [-0.1, -0.05) is 22.9 Å². The number of sulfonamides is 1. The number of hydrogen-bond acceptors (Lipinski definition) is 7. The smallest absolute Gasteiger partial charge is 0.257 e. The van der Waals surface area contributed by atoms with Crippen LogP contribution >= 0.6 is 0 Å². The van der Waals surface area contributed by atoms with Gasteiger partial charge in [0.2, 0.25) is 10.0 Å². The summed E-state index contributed by atoms with van der Waals surface area (Å²) in [4.78, 5) is 4.63. The molecular formula is C22H25N3O5S. The van der Waals surface area contributed by atoms with E-state index in [4.69, 9.17) is 14.0 Å². The predicted molar refractivity (Wildman–Crippen MR) is 115 cm³/mol. The lowest BCUT2D eigenvalue weighted by atomic mass is 9.99. The molecule has 1 fully saturated rings. The molecule has 2 heterocycles. The number of hydrogen-bond donors (Lipinski definition) is 0. The van der Waals surface area contributed by atoms with Gasteiger partial charge in [0.05, 0.1) is 14.2 Å². The van der Waals surface area contributed by atoms with E-state index in [0.29, 0.717) is 30.4 Å². The highest BCUT2D eigenvalue weighted by Gasteiger charge is 2.35. The van der Waals surface area contributed by atoms with Gasteiger partial charge in [-0.2, -0.15) is 9.29 Å². The van der Waals surface area contributed by atoms with Crippen LogP contribution in [0.5, 0.6) is 11.5 Å². The number of ether oxygens (including phenoxy) is 2. The van der Waals surface area contributed by atoms with Gasteiger partial charge in [-0.3, -0.25) is 0 Å². The van der Waals surface area contributed by atoms with Crippen molar-refractivity contribution in [1.82, 2.24) is 14.4 Å². The molecule has 0 spiro atoms. The van der Waals surface area contributed by atoms with Crippen molar-refractivity contribution in [2.24, 2.45) is 0 Å². The van der Waals surface area contributed by atoms with Crippen molar-refractivity contribution in [3.8, 4) is 23.0 Å². The molecule has 1 saturated heterocycles. The standard InChI is InChI=1S/C22H25N3O5S/c1-15-6-8-16(9-7-15)22-23-21(24-30-22)17-5-4-12-25(14-17)31(26,27)20-13-18(28-2)10-11-19(20)29-3/h6-11,13,17H,4-5,12,14H2,1-3H3. The SMILES string of the molecule is COc1ccc(OC)c(S(=O)(=O)N2CCCC(c3noc(-c4ccc(C)cc4)n3)C2)c1. The van der Waals surface area contributed by atoms with Crippen molar-refractivity contribution in [2.45, 2.75) is 30.6 Å². The Morgan fingerprint density at radius 1 is 1.10 bits per heavy atom. The van der Waals surface area contributed by atoms with Crippen molar-refractivity contribution in [3.05, 3.63) is 53.9 Å². The Bertz CT molecular complexity index is 1160. The van der Waals surface area contributed by atoms with Gasteiger partial charge in [0.15, 0.2) is 5.82 Å². The van der Waals surface area contributed by atoms with Crippen LogP contribution in [0.25, 0.3) is 11.5 Å². The summed E-state index contributed by atoms with van der Waals surface area (Å²) >= 11 is 0. The molecule has 1 unspecified atom stereocenters. The third-order valence-electron chi connectivity index (χ3n) is 5.48. The molecule has 0 saturated carbocycles. The highest BCUT2D eigenvalue weighted by Crippen LogP contribution is 2.34. The zero-order valence-corrected chi connectivity index (χ0v) is 18.6. The van der Waals surface area contributed by atoms with E-state index in [0.717, 1.165) is 17.5 Å². The Labute approximate surface area is 181 Å². The normalized spacial score (nSPS) is 17.5. The van der Waals surface area contributed by atoms with Crippen molar-refractivity contribution < 1.29 is 22.4 Å². The number of piperidine rings is 1. The maximum atomic E-state index is 13.4. The number of aromatic nitrogens is 2. The molecule has 1 aromatic heterocycles. The Kier molecular flexibility index (Phi) is 5.97. The molecule has 1 atom stereocenters. The largest absolute Gasteiger partial charge is 0.497 e. The molecule has 4 rings (SSSR count). The van der Waals surface area contributed by atoms with Gasteiger partial charge in [0, 0.05) is 30.6 Å². The lowest BCUT2D eigenvalue weighted by molar-refractivity contribution is 0.300. The van der Waals surface area contributed by atoms with Gasteiger partial charge in [-0.15, -0.1) is 0 Å². The fourth-order valence-corrected chi connectivity index (χ4v) is 5.40. The molecule has 0 radical (unpaired) electrons. The lowest BCUT2D eigenvalue weighted by Crippen LogP contribution is -2.39. The molecular weight excluding hydrogens is 418 g/mol. The van der Waals surface area contributed by atoms with Gasteiger partial charge >= 0.3 is 0 Å². The first kappa shape index (κ1) is 21.3. The zero-order chi connectivity index (χ0) is 22.0. The third kappa shape index (κ3) is 4.28. The maximum Gasteiger partial charge on any atom is 0.257 e. The van der Waals surface area contributed by atoms with Crippen LogP contribution in [0.1, 0.15) is 30.1 Å². The number of rotatable bonds is 6. The van der Waals surface area contributed by atoms with Crippen molar-refractivity contribution in [1.29, 1.82) is 0 Å². The molecule has 0 aliphatic carbocycles. The predicted octanol–water partition coefficient (Wildman–Crippen LogP) is 3.63. The quantitative estimate of drug-likeness (QED) is 0.574. The molecule has 0 bridgehead atoms. The second-order valence-electron chi connectivity index (χ2n) is 7.54. The molecule has 0 amide bonds. The Morgan fingerprint density at radius 3 is 2.58 bits per heavy atom. The summed E-state index contributed by atoms with van der Waals surface area (Å²) in [5, 5.41) is 4.14. The molecule has 1 aliphatic heterocycles. The fourth-order valence-electron chi connectivity index (χ4n) is 3.71. The van der Waals surface area contributed by atoms with E-state index in [2.05, 4.69) is 10.1 Å².